The van der Waals surface area contributed by atoms with Crippen molar-refractivity contribution in [2.75, 3.05) is 33.7 Å². The Morgan fingerprint density at radius 1 is 1.00 bits per heavy atom. The topological polar surface area (TPSA) is 54.0 Å². The molecule has 37 heavy (non-hydrogen) atoms. The average molecular weight is 561 g/mol. The molecule has 5 nitrogen and oxygen atoms in total. The molecule has 0 saturated heterocycles. The summed E-state index contributed by atoms with van der Waals surface area (Å²) < 4.78 is 36.7. The van der Waals surface area contributed by atoms with Crippen LogP contribution >= 0.6 is 7.37 Å². The maximum Gasteiger partial charge on any atom is 0.200 e. The first-order chi connectivity index (χ1) is 17.3. The summed E-state index contributed by atoms with van der Waals surface area (Å²) >= 11 is 0. The Bertz CT molecular complexity index is 690. The fraction of sp³-hybridized carbons (Fsp3) is 0.933. The first-order valence-corrected chi connectivity index (χ1v) is 20.1. The van der Waals surface area contributed by atoms with E-state index in [1.807, 2.05) is 21.1 Å². The van der Waals surface area contributed by atoms with Crippen molar-refractivity contribution in [3.05, 3.63) is 12.2 Å². The Morgan fingerprint density at radius 2 is 1.68 bits per heavy atom. The Labute approximate surface area is 231 Å². The van der Waals surface area contributed by atoms with Crippen LogP contribution in [0.3, 0.4) is 0 Å². The van der Waals surface area contributed by atoms with Crippen molar-refractivity contribution in [3.8, 4) is 0 Å². The fourth-order valence-corrected chi connectivity index (χ4v) is 8.14. The van der Waals surface area contributed by atoms with E-state index < -0.39 is 15.7 Å². The molecule has 0 N–H and O–H groups in total. The minimum absolute atomic E-state index is 0.167. The molecule has 0 amide bonds. The molecule has 0 spiro atoms. The molecule has 0 heterocycles. The van der Waals surface area contributed by atoms with Crippen molar-refractivity contribution < 1.29 is 23.0 Å². The molecule has 6 atom stereocenters. The van der Waals surface area contributed by atoms with Gasteiger partial charge in [0.15, 0.2) is 15.7 Å². The molecule has 0 bridgehead atoms. The molecule has 0 aromatic carbocycles. The zero-order chi connectivity index (χ0) is 28.1. The van der Waals surface area contributed by atoms with Crippen molar-refractivity contribution in [3.63, 3.8) is 0 Å². The molecule has 220 valence electrons. The summed E-state index contributed by atoms with van der Waals surface area (Å²) in [6.45, 7) is 18.2. The van der Waals surface area contributed by atoms with Gasteiger partial charge in [0.1, 0.15) is 0 Å². The van der Waals surface area contributed by atoms with Crippen LogP contribution in [0.1, 0.15) is 98.8 Å². The van der Waals surface area contributed by atoms with E-state index >= 15 is 0 Å². The fourth-order valence-electron chi connectivity index (χ4n) is 5.28. The summed E-state index contributed by atoms with van der Waals surface area (Å²) in [7, 11) is -0.635. The lowest BCUT2D eigenvalue weighted by Gasteiger charge is -2.40. The molecule has 2 unspecified atom stereocenters. The second-order valence-electron chi connectivity index (χ2n) is 12.7. The molecular weight excluding hydrogens is 499 g/mol. The number of ether oxygens (including phenoxy) is 2. The monoisotopic (exact) mass is 560 g/mol. The van der Waals surface area contributed by atoms with Crippen LogP contribution in [-0.2, 0) is 23.0 Å². The van der Waals surface area contributed by atoms with Crippen LogP contribution in [0.15, 0.2) is 12.2 Å². The number of hydrogen-bond acceptors (Lipinski definition) is 5. The predicted octanol–water partition coefficient (Wildman–Crippen LogP) is 9.07. The number of unbranched alkanes of at least 4 members (excludes halogenated alkanes) is 5. The van der Waals surface area contributed by atoms with Crippen molar-refractivity contribution in [1.82, 2.24) is 0 Å². The summed E-state index contributed by atoms with van der Waals surface area (Å²) in [5.74, 6) is 0.793. The molecule has 7 heteroatoms. The van der Waals surface area contributed by atoms with Crippen LogP contribution in [0.25, 0.3) is 0 Å². The highest BCUT2D eigenvalue weighted by atomic mass is 31.2. The minimum Gasteiger partial charge on any atom is -0.414 e. The predicted molar refractivity (Wildman–Crippen MR) is 162 cm³/mol. The second kappa shape index (κ2) is 17.0. The van der Waals surface area contributed by atoms with Gasteiger partial charge in [-0.25, -0.2) is 0 Å². The lowest BCUT2D eigenvalue weighted by Crippen LogP contribution is -2.45. The van der Waals surface area contributed by atoms with Gasteiger partial charge in [0.25, 0.3) is 0 Å². The van der Waals surface area contributed by atoms with Gasteiger partial charge in [0, 0.05) is 33.0 Å². The van der Waals surface area contributed by atoms with Crippen LogP contribution < -0.4 is 0 Å². The molecule has 0 aromatic heterocycles. The van der Waals surface area contributed by atoms with E-state index in [1.54, 1.807) is 6.66 Å². The van der Waals surface area contributed by atoms with Crippen molar-refractivity contribution >= 4 is 15.7 Å². The van der Waals surface area contributed by atoms with Gasteiger partial charge in [-0.05, 0) is 56.7 Å². The van der Waals surface area contributed by atoms with Gasteiger partial charge in [-0.2, -0.15) is 0 Å². The SMILES string of the molecule is CCCCC[C@@H](/C=C/C1[C@@H](CCCCCCP(C)(=O)OCC)[C@@H](O[Si](C)(C)C(C)(C)C)C[C@H]1OC)OC. The van der Waals surface area contributed by atoms with E-state index in [2.05, 4.69) is 52.9 Å². The Morgan fingerprint density at radius 3 is 2.24 bits per heavy atom. The van der Waals surface area contributed by atoms with E-state index in [4.69, 9.17) is 18.4 Å². The van der Waals surface area contributed by atoms with E-state index in [9.17, 15) is 4.57 Å². The van der Waals surface area contributed by atoms with E-state index in [0.717, 1.165) is 44.9 Å². The maximum atomic E-state index is 12.4. The molecule has 0 aliphatic heterocycles. The quantitative estimate of drug-likeness (QED) is 0.0682. The van der Waals surface area contributed by atoms with Crippen molar-refractivity contribution in [1.29, 1.82) is 0 Å². The molecule has 1 fully saturated rings. The normalized spacial score (nSPS) is 25.6. The van der Waals surface area contributed by atoms with Crippen LogP contribution in [0.2, 0.25) is 18.1 Å². The zero-order valence-electron chi connectivity index (χ0n) is 26.0. The molecule has 0 aromatic rings. The van der Waals surface area contributed by atoms with E-state index in [-0.39, 0.29) is 23.4 Å². The summed E-state index contributed by atoms with van der Waals surface area (Å²) in [5.41, 5.74) is 0. The van der Waals surface area contributed by atoms with Crippen LogP contribution in [0.4, 0.5) is 0 Å². The summed E-state index contributed by atoms with van der Waals surface area (Å²) in [4.78, 5) is 0. The Hall–Kier alpha value is 0.0269. The summed E-state index contributed by atoms with van der Waals surface area (Å²) in [6, 6.07) is 0. The average Bonchev–Trinajstić information content (AvgIpc) is 3.13. The standard InChI is InChI=1S/C30H61O5PSi/c1-11-13-16-19-25(32-6)21-22-27-26(20-17-14-15-18-23-36(8,31)34-12-2)29(24-28(27)33-7)35-37(9,10)30(3,4)5/h21-22,25-29H,11-20,23-24H2,1-10H3/b22-21+/t25-,26+,27?,28+,29-,36?/m0/s1. The first kappa shape index (κ1) is 35.1. The smallest absolute Gasteiger partial charge is 0.200 e. The van der Waals surface area contributed by atoms with Crippen LogP contribution in [-0.4, -0.2) is 60.3 Å². The number of methoxy groups -OCH3 is 2. The molecule has 1 rings (SSSR count). The van der Waals surface area contributed by atoms with Crippen molar-refractivity contribution in [2.24, 2.45) is 11.8 Å². The molecule has 1 saturated carbocycles. The third-order valence-electron chi connectivity index (χ3n) is 8.62. The molecule has 0 radical (unpaired) electrons. The highest BCUT2D eigenvalue weighted by Gasteiger charge is 2.47. The minimum atomic E-state index is -2.42. The number of rotatable bonds is 19. The lowest BCUT2D eigenvalue weighted by molar-refractivity contribution is 0.0744. The summed E-state index contributed by atoms with van der Waals surface area (Å²) in [6.07, 6.45) is 17.2. The molecule has 1 aliphatic carbocycles. The summed E-state index contributed by atoms with van der Waals surface area (Å²) in [5, 5.41) is 0.184. The lowest BCUT2D eigenvalue weighted by atomic mass is 9.87. The van der Waals surface area contributed by atoms with Crippen molar-refractivity contribution in [2.45, 2.75) is 135 Å². The first-order valence-electron chi connectivity index (χ1n) is 14.9. The van der Waals surface area contributed by atoms with Crippen LogP contribution in [0, 0.1) is 11.8 Å². The largest absolute Gasteiger partial charge is 0.414 e. The molecular formula is C30H61O5PSi. The van der Waals surface area contributed by atoms with Crippen LogP contribution in [0.5, 0.6) is 0 Å². The zero-order valence-corrected chi connectivity index (χ0v) is 27.9. The highest BCUT2D eigenvalue weighted by molar-refractivity contribution is 7.58. The van der Waals surface area contributed by atoms with E-state index in [1.165, 1.54) is 19.3 Å². The van der Waals surface area contributed by atoms with Gasteiger partial charge in [0.2, 0.25) is 0 Å². The number of hydrogen-bond donors (Lipinski definition) is 0. The Balaban J connectivity index is 2.92. The van der Waals surface area contributed by atoms with Gasteiger partial charge in [-0.15, -0.1) is 0 Å². The highest BCUT2D eigenvalue weighted by Crippen LogP contribution is 2.46. The Kier molecular flexibility index (Phi) is 16.1. The van der Waals surface area contributed by atoms with Gasteiger partial charge in [0.05, 0.1) is 24.9 Å². The third kappa shape index (κ3) is 12.4. The molecule has 1 aliphatic rings. The maximum absolute atomic E-state index is 12.4. The van der Waals surface area contributed by atoms with Gasteiger partial charge in [-0.3, -0.25) is 4.57 Å². The van der Waals surface area contributed by atoms with Gasteiger partial charge < -0.3 is 18.4 Å². The van der Waals surface area contributed by atoms with E-state index in [0.29, 0.717) is 24.6 Å². The second-order valence-corrected chi connectivity index (χ2v) is 20.2. The van der Waals surface area contributed by atoms with Gasteiger partial charge >= 0.3 is 0 Å². The van der Waals surface area contributed by atoms with Gasteiger partial charge in [-0.1, -0.05) is 78.4 Å². The third-order valence-corrected chi connectivity index (χ3v) is 15.1.